The van der Waals surface area contributed by atoms with E-state index >= 15 is 0 Å². The van der Waals surface area contributed by atoms with Crippen molar-refractivity contribution < 1.29 is 22.7 Å². The second kappa shape index (κ2) is 5.92. The molecule has 1 aromatic rings. The van der Waals surface area contributed by atoms with Gasteiger partial charge in [-0.1, -0.05) is 0 Å². The molecule has 1 aromatic heterocycles. The summed E-state index contributed by atoms with van der Waals surface area (Å²) in [5.41, 5.74) is 0.411. The van der Waals surface area contributed by atoms with Crippen LogP contribution in [0.25, 0.3) is 0 Å². The van der Waals surface area contributed by atoms with Crippen LogP contribution in [-0.4, -0.2) is 56.4 Å². The number of hydrogen-bond donors (Lipinski definition) is 0. The fraction of sp³-hybridized carbons (Fsp3) is 0.500. The maximum absolute atomic E-state index is 11.9. The summed E-state index contributed by atoms with van der Waals surface area (Å²) in [7, 11) is -1.51. The van der Waals surface area contributed by atoms with Gasteiger partial charge in [-0.15, -0.1) is 0 Å². The quantitative estimate of drug-likeness (QED) is 0.758. The van der Waals surface area contributed by atoms with Gasteiger partial charge >= 0.3 is 5.97 Å². The monoisotopic (exact) mass is 317 g/mol. The molecule has 1 saturated heterocycles. The molecule has 1 unspecified atom stereocenters. The van der Waals surface area contributed by atoms with Gasteiger partial charge in [-0.3, -0.25) is 4.79 Å². The van der Waals surface area contributed by atoms with Gasteiger partial charge in [-0.05, 0) is 17.9 Å². The second-order valence-corrected chi connectivity index (χ2v) is 7.66. The third kappa shape index (κ3) is 3.57. The lowest BCUT2D eigenvalue weighted by Gasteiger charge is -2.23. The topological polar surface area (TPSA) is 80.8 Å². The van der Waals surface area contributed by atoms with Gasteiger partial charge in [0.1, 0.15) is 0 Å². The predicted octanol–water partition coefficient (Wildman–Crippen LogP) is 0.550. The van der Waals surface area contributed by atoms with E-state index in [2.05, 4.69) is 0 Å². The highest BCUT2D eigenvalue weighted by Crippen LogP contribution is 2.16. The fourth-order valence-corrected chi connectivity index (χ4v) is 4.38. The molecule has 0 aliphatic carbocycles. The zero-order chi connectivity index (χ0) is 14.8. The number of likely N-dealkylation sites (N-methyl/N-ethyl adjacent to an activating group) is 1. The van der Waals surface area contributed by atoms with E-state index in [1.807, 2.05) is 0 Å². The van der Waals surface area contributed by atoms with E-state index < -0.39 is 21.7 Å². The van der Waals surface area contributed by atoms with E-state index in [9.17, 15) is 18.0 Å². The molecule has 0 radical (unpaired) electrons. The molecule has 6 nitrogen and oxygen atoms in total. The lowest BCUT2D eigenvalue weighted by molar-refractivity contribution is -0.134. The highest BCUT2D eigenvalue weighted by Gasteiger charge is 2.32. The van der Waals surface area contributed by atoms with E-state index in [0.717, 1.165) is 0 Å². The van der Waals surface area contributed by atoms with Crippen LogP contribution in [0, 0.1) is 0 Å². The van der Waals surface area contributed by atoms with Gasteiger partial charge < -0.3 is 9.64 Å². The van der Waals surface area contributed by atoms with E-state index in [4.69, 9.17) is 4.74 Å². The van der Waals surface area contributed by atoms with E-state index in [1.165, 1.54) is 23.3 Å². The minimum Gasteiger partial charge on any atom is -0.452 e. The molecule has 20 heavy (non-hydrogen) atoms. The first kappa shape index (κ1) is 15.0. The van der Waals surface area contributed by atoms with Crippen LogP contribution in [0.4, 0.5) is 0 Å². The second-order valence-electron chi connectivity index (χ2n) is 4.65. The largest absolute Gasteiger partial charge is 0.452 e. The number of carbonyl (C=O) groups excluding carboxylic acids is 2. The van der Waals surface area contributed by atoms with Crippen LogP contribution in [0.3, 0.4) is 0 Å². The predicted molar refractivity (Wildman–Crippen MR) is 74.4 cm³/mol. The van der Waals surface area contributed by atoms with Crippen molar-refractivity contribution in [3.05, 3.63) is 22.4 Å². The average Bonchev–Trinajstić information content (AvgIpc) is 3.03. The number of amides is 1. The normalized spacial score (nSPS) is 20.6. The summed E-state index contributed by atoms with van der Waals surface area (Å²) in [6.07, 6.45) is 0.434. The summed E-state index contributed by atoms with van der Waals surface area (Å²) in [4.78, 5) is 24.8. The smallest absolute Gasteiger partial charge is 0.339 e. The number of nitrogens with zero attached hydrogens (tertiary/aromatic N) is 1. The SMILES string of the molecule is CN(C(=O)COC(=O)c1ccsc1)C1CCS(=O)(=O)C1. The first-order chi connectivity index (χ1) is 9.39. The van der Waals surface area contributed by atoms with Gasteiger partial charge in [0.25, 0.3) is 5.91 Å². The van der Waals surface area contributed by atoms with E-state index in [1.54, 1.807) is 16.8 Å². The number of sulfone groups is 1. The zero-order valence-corrected chi connectivity index (χ0v) is 12.6. The third-order valence-corrected chi connectivity index (χ3v) is 5.67. The summed E-state index contributed by atoms with van der Waals surface area (Å²) in [5.74, 6) is -0.861. The molecule has 2 heterocycles. The molecule has 8 heteroatoms. The molecule has 0 saturated carbocycles. The number of esters is 1. The Labute approximate surface area is 121 Å². The number of rotatable bonds is 4. The van der Waals surface area contributed by atoms with Gasteiger partial charge in [0, 0.05) is 18.5 Å². The standard InChI is InChI=1S/C12H15NO5S2/c1-13(10-3-5-20(16,17)8-10)11(14)6-18-12(15)9-2-4-19-7-9/h2,4,7,10H,3,5-6,8H2,1H3. The van der Waals surface area contributed by atoms with E-state index in [-0.39, 0.29) is 24.2 Å². The highest BCUT2D eigenvalue weighted by atomic mass is 32.2. The first-order valence-corrected chi connectivity index (χ1v) is 8.81. The molecule has 1 fully saturated rings. The van der Waals surface area contributed by atoms with Crippen LogP contribution in [0.5, 0.6) is 0 Å². The van der Waals surface area contributed by atoms with Crippen LogP contribution in [-0.2, 0) is 19.4 Å². The molecule has 0 bridgehead atoms. The molecule has 1 amide bonds. The Morgan fingerprint density at radius 3 is 2.80 bits per heavy atom. The molecule has 1 aliphatic heterocycles. The van der Waals surface area contributed by atoms with Crippen LogP contribution in [0.2, 0.25) is 0 Å². The minimum absolute atomic E-state index is 0.0201. The maximum atomic E-state index is 11.9. The van der Waals surface area contributed by atoms with Gasteiger partial charge in [0.2, 0.25) is 0 Å². The van der Waals surface area contributed by atoms with E-state index in [0.29, 0.717) is 12.0 Å². The molecule has 0 aromatic carbocycles. The Bertz CT molecular complexity index is 593. The van der Waals surface area contributed by atoms with Gasteiger partial charge in [-0.25, -0.2) is 13.2 Å². The lowest BCUT2D eigenvalue weighted by Crippen LogP contribution is -2.40. The van der Waals surface area contributed by atoms with Crippen LogP contribution in [0.15, 0.2) is 16.8 Å². The number of carbonyl (C=O) groups is 2. The molecule has 110 valence electrons. The Morgan fingerprint density at radius 1 is 1.50 bits per heavy atom. The van der Waals surface area contributed by atoms with Crippen molar-refractivity contribution in [2.45, 2.75) is 12.5 Å². The minimum atomic E-state index is -3.04. The fourth-order valence-electron chi connectivity index (χ4n) is 1.98. The summed E-state index contributed by atoms with van der Waals surface area (Å²) in [5, 5.41) is 3.38. The van der Waals surface area contributed by atoms with Gasteiger partial charge in [0.15, 0.2) is 16.4 Å². The number of hydrogen-bond acceptors (Lipinski definition) is 6. The number of thiophene rings is 1. The first-order valence-electron chi connectivity index (χ1n) is 6.04. The van der Waals surface area contributed by atoms with Crippen LogP contribution < -0.4 is 0 Å². The average molecular weight is 317 g/mol. The molecular weight excluding hydrogens is 302 g/mol. The maximum Gasteiger partial charge on any atom is 0.339 e. The van der Waals surface area contributed by atoms with Crippen molar-refractivity contribution in [3.63, 3.8) is 0 Å². The Hall–Kier alpha value is -1.41. The molecule has 0 spiro atoms. The van der Waals surface area contributed by atoms with Crippen LogP contribution in [0.1, 0.15) is 16.8 Å². The van der Waals surface area contributed by atoms with Crippen molar-refractivity contribution in [1.29, 1.82) is 0 Å². The van der Waals surface area contributed by atoms with Crippen molar-refractivity contribution in [2.75, 3.05) is 25.2 Å². The summed E-state index contributed by atoms with van der Waals surface area (Å²) >= 11 is 1.37. The zero-order valence-electron chi connectivity index (χ0n) is 10.9. The third-order valence-electron chi connectivity index (χ3n) is 3.23. The van der Waals surface area contributed by atoms with Crippen LogP contribution >= 0.6 is 11.3 Å². The number of ether oxygens (including phenoxy) is 1. The van der Waals surface area contributed by atoms with Crippen molar-refractivity contribution in [2.24, 2.45) is 0 Å². The molecule has 2 rings (SSSR count). The molecule has 1 aliphatic rings. The Kier molecular flexibility index (Phi) is 4.44. The lowest BCUT2D eigenvalue weighted by atomic mass is 10.2. The molecule has 1 atom stereocenters. The summed E-state index contributed by atoms with van der Waals surface area (Å²) in [6, 6.07) is 1.29. The molecular formula is C12H15NO5S2. The van der Waals surface area contributed by atoms with Gasteiger partial charge in [0.05, 0.1) is 17.1 Å². The van der Waals surface area contributed by atoms with Crippen molar-refractivity contribution in [1.82, 2.24) is 4.90 Å². The Morgan fingerprint density at radius 2 is 2.25 bits per heavy atom. The van der Waals surface area contributed by atoms with Crippen molar-refractivity contribution in [3.8, 4) is 0 Å². The van der Waals surface area contributed by atoms with Gasteiger partial charge in [-0.2, -0.15) is 11.3 Å². The summed E-state index contributed by atoms with van der Waals surface area (Å²) in [6.45, 7) is -0.373. The Balaban J connectivity index is 1.84. The summed E-state index contributed by atoms with van der Waals surface area (Å²) < 4.78 is 27.6. The molecule has 0 N–H and O–H groups in total. The van der Waals surface area contributed by atoms with Crippen molar-refractivity contribution >= 4 is 33.1 Å². The highest BCUT2D eigenvalue weighted by molar-refractivity contribution is 7.91.